The summed E-state index contributed by atoms with van der Waals surface area (Å²) in [5.74, 6) is 4.79. The minimum Gasteiger partial charge on any atom is -0.465 e. The highest BCUT2D eigenvalue weighted by molar-refractivity contribution is 5.85. The first-order chi connectivity index (χ1) is 10.1. The molecule has 0 saturated heterocycles. The summed E-state index contributed by atoms with van der Waals surface area (Å²) in [6, 6.07) is 7.90. The second-order valence-electron chi connectivity index (χ2n) is 4.69. The van der Waals surface area contributed by atoms with E-state index in [1.807, 2.05) is 30.5 Å². The first kappa shape index (κ1) is 15.1. The van der Waals surface area contributed by atoms with Gasteiger partial charge in [-0.1, -0.05) is 18.2 Å². The molecule has 1 aromatic heterocycles. The lowest BCUT2D eigenvalue weighted by Gasteiger charge is -2.15. The number of hydrogen-bond donors (Lipinski definition) is 2. The molecule has 1 heterocycles. The molecule has 1 amide bonds. The summed E-state index contributed by atoms with van der Waals surface area (Å²) in [6.45, 7) is 1.76. The molecule has 0 unspecified atom stereocenters. The van der Waals surface area contributed by atoms with Crippen molar-refractivity contribution in [3.63, 3.8) is 0 Å². The Morgan fingerprint density at radius 2 is 2.10 bits per heavy atom. The summed E-state index contributed by atoms with van der Waals surface area (Å²) in [5, 5.41) is 2.01. The SMILES string of the molecule is CCOC(=O)CN(N)C(=O)CCc1c[nH]c2ccccc12. The number of para-hydroxylation sites is 1. The number of carbonyl (C=O) groups is 2. The molecule has 1 aromatic carbocycles. The van der Waals surface area contributed by atoms with Gasteiger partial charge in [0, 0.05) is 23.5 Å². The van der Waals surface area contributed by atoms with Crippen LogP contribution in [0.1, 0.15) is 18.9 Å². The van der Waals surface area contributed by atoms with Gasteiger partial charge >= 0.3 is 5.97 Å². The summed E-state index contributed by atoms with van der Waals surface area (Å²) in [6.07, 6.45) is 2.71. The zero-order valence-electron chi connectivity index (χ0n) is 12.0. The average Bonchev–Trinajstić information content (AvgIpc) is 2.88. The Balaban J connectivity index is 1.90. The van der Waals surface area contributed by atoms with Gasteiger partial charge in [-0.05, 0) is 25.0 Å². The van der Waals surface area contributed by atoms with Gasteiger partial charge in [0.25, 0.3) is 0 Å². The van der Waals surface area contributed by atoms with E-state index in [1.54, 1.807) is 6.92 Å². The fourth-order valence-corrected chi connectivity index (χ4v) is 2.16. The monoisotopic (exact) mass is 289 g/mol. The van der Waals surface area contributed by atoms with Crippen molar-refractivity contribution < 1.29 is 14.3 Å². The van der Waals surface area contributed by atoms with Gasteiger partial charge in [0.2, 0.25) is 5.91 Å². The number of rotatable bonds is 6. The Kier molecular flexibility index (Phi) is 4.94. The number of hydrogen-bond acceptors (Lipinski definition) is 4. The van der Waals surface area contributed by atoms with Gasteiger partial charge in [-0.25, -0.2) is 5.84 Å². The van der Waals surface area contributed by atoms with E-state index in [2.05, 4.69) is 4.98 Å². The van der Waals surface area contributed by atoms with Crippen LogP contribution in [0, 0.1) is 0 Å². The van der Waals surface area contributed by atoms with Crippen molar-refractivity contribution in [2.45, 2.75) is 19.8 Å². The molecule has 0 atom stereocenters. The third-order valence-corrected chi connectivity index (χ3v) is 3.21. The van der Waals surface area contributed by atoms with E-state index in [0.717, 1.165) is 21.5 Å². The molecule has 6 heteroatoms. The lowest BCUT2D eigenvalue weighted by atomic mass is 10.1. The Labute approximate surface area is 122 Å². The van der Waals surface area contributed by atoms with Crippen molar-refractivity contribution in [1.82, 2.24) is 9.99 Å². The predicted octanol–water partition coefficient (Wildman–Crippen LogP) is 1.37. The first-order valence-electron chi connectivity index (χ1n) is 6.87. The molecule has 3 N–H and O–H groups in total. The number of aromatic amines is 1. The number of hydrazine groups is 1. The Morgan fingerprint density at radius 1 is 1.33 bits per heavy atom. The number of fused-ring (bicyclic) bond motifs is 1. The van der Waals surface area contributed by atoms with E-state index in [-0.39, 0.29) is 25.5 Å². The van der Waals surface area contributed by atoms with Gasteiger partial charge in [-0.15, -0.1) is 0 Å². The summed E-state index contributed by atoms with van der Waals surface area (Å²) in [5.41, 5.74) is 2.10. The minimum absolute atomic E-state index is 0.222. The Bertz CT molecular complexity index is 636. The number of ether oxygens (including phenoxy) is 1. The molecular formula is C15H19N3O3. The van der Waals surface area contributed by atoms with E-state index >= 15 is 0 Å². The maximum absolute atomic E-state index is 11.9. The van der Waals surface area contributed by atoms with Crippen molar-refractivity contribution in [3.05, 3.63) is 36.0 Å². The second-order valence-corrected chi connectivity index (χ2v) is 4.69. The molecule has 112 valence electrons. The van der Waals surface area contributed by atoms with Crippen LogP contribution >= 0.6 is 0 Å². The maximum atomic E-state index is 11.9. The molecule has 0 aliphatic heterocycles. The van der Waals surface area contributed by atoms with E-state index in [9.17, 15) is 9.59 Å². The van der Waals surface area contributed by atoms with E-state index < -0.39 is 5.97 Å². The van der Waals surface area contributed by atoms with Crippen LogP contribution in [0.5, 0.6) is 0 Å². The number of H-pyrrole nitrogens is 1. The van der Waals surface area contributed by atoms with Crippen LogP contribution in [0.15, 0.2) is 30.5 Å². The predicted molar refractivity (Wildman–Crippen MR) is 79.2 cm³/mol. The quantitative estimate of drug-likeness (QED) is 0.364. The number of benzene rings is 1. The Hall–Kier alpha value is -2.34. The number of amides is 1. The molecule has 21 heavy (non-hydrogen) atoms. The summed E-state index contributed by atoms with van der Waals surface area (Å²) in [7, 11) is 0. The average molecular weight is 289 g/mol. The van der Waals surface area contributed by atoms with Crippen LogP contribution in [0.4, 0.5) is 0 Å². The third-order valence-electron chi connectivity index (χ3n) is 3.21. The topological polar surface area (TPSA) is 88.4 Å². The highest BCUT2D eigenvalue weighted by atomic mass is 16.5. The lowest BCUT2D eigenvalue weighted by Crippen LogP contribution is -2.41. The molecule has 0 aliphatic carbocycles. The van der Waals surface area contributed by atoms with Gasteiger partial charge in [0.15, 0.2) is 0 Å². The van der Waals surface area contributed by atoms with Gasteiger partial charge in [0.1, 0.15) is 6.54 Å². The molecule has 0 saturated carbocycles. The van der Waals surface area contributed by atoms with E-state index in [0.29, 0.717) is 6.42 Å². The molecule has 2 aromatic rings. The van der Waals surface area contributed by atoms with Crippen molar-refractivity contribution in [3.8, 4) is 0 Å². The van der Waals surface area contributed by atoms with Gasteiger partial charge in [-0.2, -0.15) is 0 Å². The highest BCUT2D eigenvalue weighted by Crippen LogP contribution is 2.19. The summed E-state index contributed by atoms with van der Waals surface area (Å²) < 4.78 is 4.75. The van der Waals surface area contributed by atoms with Crippen LogP contribution < -0.4 is 5.84 Å². The summed E-state index contributed by atoms with van der Waals surface area (Å²) >= 11 is 0. The normalized spacial score (nSPS) is 10.6. The number of nitrogens with two attached hydrogens (primary N) is 1. The molecule has 0 fully saturated rings. The zero-order valence-corrected chi connectivity index (χ0v) is 12.0. The maximum Gasteiger partial charge on any atom is 0.327 e. The second kappa shape index (κ2) is 6.90. The number of aromatic nitrogens is 1. The molecule has 0 spiro atoms. The number of carbonyl (C=O) groups excluding carboxylic acids is 2. The van der Waals surface area contributed by atoms with Crippen LogP contribution in [0.3, 0.4) is 0 Å². The number of nitrogens with zero attached hydrogens (tertiary/aromatic N) is 1. The van der Waals surface area contributed by atoms with E-state index in [4.69, 9.17) is 10.6 Å². The largest absolute Gasteiger partial charge is 0.465 e. The molecular weight excluding hydrogens is 270 g/mol. The summed E-state index contributed by atoms with van der Waals surface area (Å²) in [4.78, 5) is 26.3. The van der Waals surface area contributed by atoms with Gasteiger partial charge in [-0.3, -0.25) is 14.6 Å². The van der Waals surface area contributed by atoms with Gasteiger partial charge in [0.05, 0.1) is 6.61 Å². The fourth-order valence-electron chi connectivity index (χ4n) is 2.16. The first-order valence-corrected chi connectivity index (χ1v) is 6.87. The number of nitrogens with one attached hydrogen (secondary N) is 1. The van der Waals surface area contributed by atoms with Crippen LogP contribution in [-0.4, -0.2) is 35.0 Å². The van der Waals surface area contributed by atoms with Crippen LogP contribution in [-0.2, 0) is 20.7 Å². The zero-order chi connectivity index (χ0) is 15.2. The highest BCUT2D eigenvalue weighted by Gasteiger charge is 2.15. The van der Waals surface area contributed by atoms with Crippen molar-refractivity contribution in [2.24, 2.45) is 5.84 Å². The van der Waals surface area contributed by atoms with Crippen LogP contribution in [0.25, 0.3) is 10.9 Å². The smallest absolute Gasteiger partial charge is 0.327 e. The standard InChI is InChI=1S/C15H19N3O3/c1-2-21-15(20)10-18(16)14(19)8-7-11-9-17-13-6-4-3-5-12(11)13/h3-6,9,17H,2,7-8,10,16H2,1H3. The molecule has 0 bridgehead atoms. The lowest BCUT2D eigenvalue weighted by molar-refractivity contribution is -0.149. The number of aryl methyl sites for hydroxylation is 1. The molecule has 6 nitrogen and oxygen atoms in total. The molecule has 0 aliphatic rings. The van der Waals surface area contributed by atoms with Gasteiger partial charge < -0.3 is 9.72 Å². The fraction of sp³-hybridized carbons (Fsp3) is 0.333. The molecule has 0 radical (unpaired) electrons. The van der Waals surface area contributed by atoms with Crippen LogP contribution in [0.2, 0.25) is 0 Å². The van der Waals surface area contributed by atoms with Crippen molar-refractivity contribution >= 4 is 22.8 Å². The number of esters is 1. The molecule has 2 rings (SSSR count). The van der Waals surface area contributed by atoms with E-state index in [1.165, 1.54) is 0 Å². The third kappa shape index (κ3) is 3.82. The Morgan fingerprint density at radius 3 is 2.86 bits per heavy atom. The minimum atomic E-state index is -0.500. The van der Waals surface area contributed by atoms with Crippen molar-refractivity contribution in [1.29, 1.82) is 0 Å². The van der Waals surface area contributed by atoms with Crippen molar-refractivity contribution in [2.75, 3.05) is 13.2 Å².